The Balaban J connectivity index is 0.00000312. The molecule has 26 heavy (non-hydrogen) atoms. The fourth-order valence-electron chi connectivity index (χ4n) is 3.30. The number of likely N-dealkylation sites (tertiary alicyclic amines) is 1. The molecule has 0 aromatic heterocycles. The first-order valence-corrected chi connectivity index (χ1v) is 9.12. The average molecular weight is 404 g/mol. The van der Waals surface area contributed by atoms with Gasteiger partial charge in [-0.05, 0) is 36.8 Å². The summed E-state index contributed by atoms with van der Waals surface area (Å²) in [7, 11) is 0. The molecule has 1 heterocycles. The molecule has 0 spiro atoms. The summed E-state index contributed by atoms with van der Waals surface area (Å²) in [6.07, 6.45) is 1.15. The monoisotopic (exact) mass is 403 g/mol. The highest BCUT2D eigenvalue weighted by Gasteiger charge is 2.32. The molecule has 0 saturated carbocycles. The standard InChI is InChI=1S/C20H33N3O.2ClH/c1-5-23(19(24)18(21)20(2,3)4)15-17-11-12-22(14-17)13-16-9-7-6-8-10-16;;/h6-10,17-18H,5,11-15,21H2,1-4H3;2*1H/t17?,18-;;/m1../s1. The predicted molar refractivity (Wildman–Crippen MR) is 114 cm³/mol. The van der Waals surface area contributed by atoms with Crippen molar-refractivity contribution in [2.24, 2.45) is 17.1 Å². The van der Waals surface area contributed by atoms with E-state index in [1.165, 1.54) is 5.56 Å². The average Bonchev–Trinajstić information content (AvgIpc) is 2.98. The molecule has 1 unspecified atom stereocenters. The van der Waals surface area contributed by atoms with E-state index in [1.54, 1.807) is 0 Å². The summed E-state index contributed by atoms with van der Waals surface area (Å²) in [4.78, 5) is 17.1. The number of rotatable bonds is 6. The fraction of sp³-hybridized carbons (Fsp3) is 0.650. The van der Waals surface area contributed by atoms with Gasteiger partial charge in [0.15, 0.2) is 0 Å². The van der Waals surface area contributed by atoms with Crippen LogP contribution in [0.4, 0.5) is 0 Å². The molecule has 1 aromatic rings. The number of hydrogen-bond donors (Lipinski definition) is 1. The number of hydrogen-bond acceptors (Lipinski definition) is 3. The molecule has 1 aliphatic rings. The van der Waals surface area contributed by atoms with E-state index in [1.807, 2.05) is 32.6 Å². The molecule has 4 nitrogen and oxygen atoms in total. The second kappa shape index (κ2) is 11.1. The minimum atomic E-state index is -0.431. The van der Waals surface area contributed by atoms with Gasteiger partial charge >= 0.3 is 0 Å². The van der Waals surface area contributed by atoms with Gasteiger partial charge in [-0.2, -0.15) is 0 Å². The van der Waals surface area contributed by atoms with Crippen molar-refractivity contribution in [2.75, 3.05) is 26.2 Å². The van der Waals surface area contributed by atoms with Gasteiger partial charge in [0.1, 0.15) is 0 Å². The van der Waals surface area contributed by atoms with Crippen LogP contribution in [0.2, 0.25) is 0 Å². The van der Waals surface area contributed by atoms with Crippen LogP contribution < -0.4 is 5.73 Å². The molecule has 1 aliphatic heterocycles. The van der Waals surface area contributed by atoms with Crippen molar-refractivity contribution in [2.45, 2.75) is 46.7 Å². The summed E-state index contributed by atoms with van der Waals surface area (Å²) < 4.78 is 0. The van der Waals surface area contributed by atoms with Gasteiger partial charge in [-0.25, -0.2) is 0 Å². The van der Waals surface area contributed by atoms with Crippen LogP contribution in [0.25, 0.3) is 0 Å². The lowest BCUT2D eigenvalue weighted by molar-refractivity contribution is -0.135. The Kier molecular flexibility index (Phi) is 10.8. The smallest absolute Gasteiger partial charge is 0.240 e. The first-order valence-electron chi connectivity index (χ1n) is 9.12. The highest BCUT2D eigenvalue weighted by Crippen LogP contribution is 2.23. The number of benzene rings is 1. The van der Waals surface area contributed by atoms with E-state index in [-0.39, 0.29) is 36.1 Å². The van der Waals surface area contributed by atoms with Crippen molar-refractivity contribution in [3.63, 3.8) is 0 Å². The topological polar surface area (TPSA) is 49.6 Å². The first-order chi connectivity index (χ1) is 11.3. The molecule has 0 bridgehead atoms. The minimum Gasteiger partial charge on any atom is -0.341 e. The molecule has 2 rings (SSSR count). The van der Waals surface area contributed by atoms with Gasteiger partial charge in [-0.15, -0.1) is 24.8 Å². The quantitative estimate of drug-likeness (QED) is 0.789. The van der Waals surface area contributed by atoms with Crippen LogP contribution in [0.5, 0.6) is 0 Å². The maximum atomic E-state index is 12.7. The van der Waals surface area contributed by atoms with Gasteiger partial charge in [0.25, 0.3) is 0 Å². The SMILES string of the molecule is CCN(CC1CCN(Cc2ccccc2)C1)C(=O)[C@@H](N)C(C)(C)C.Cl.Cl. The molecule has 2 N–H and O–H groups in total. The Morgan fingerprint density at radius 2 is 1.88 bits per heavy atom. The Morgan fingerprint density at radius 3 is 2.42 bits per heavy atom. The molecule has 1 saturated heterocycles. The van der Waals surface area contributed by atoms with Gasteiger partial charge in [-0.3, -0.25) is 9.69 Å². The van der Waals surface area contributed by atoms with Crippen LogP contribution in [0, 0.1) is 11.3 Å². The zero-order valence-electron chi connectivity index (χ0n) is 16.5. The van der Waals surface area contributed by atoms with E-state index in [0.717, 1.165) is 39.1 Å². The molecular weight excluding hydrogens is 369 g/mol. The van der Waals surface area contributed by atoms with E-state index < -0.39 is 6.04 Å². The van der Waals surface area contributed by atoms with Gasteiger partial charge in [0.05, 0.1) is 6.04 Å². The zero-order chi connectivity index (χ0) is 17.7. The predicted octanol–water partition coefficient (Wildman–Crippen LogP) is 3.57. The van der Waals surface area contributed by atoms with Crippen LogP contribution in [-0.2, 0) is 11.3 Å². The second-order valence-corrected chi connectivity index (χ2v) is 8.10. The van der Waals surface area contributed by atoms with Gasteiger partial charge in [0, 0.05) is 26.2 Å². The third-order valence-corrected chi connectivity index (χ3v) is 4.99. The largest absolute Gasteiger partial charge is 0.341 e. The van der Waals surface area contributed by atoms with E-state index >= 15 is 0 Å². The lowest BCUT2D eigenvalue weighted by atomic mass is 9.86. The Bertz CT molecular complexity index is 534. The lowest BCUT2D eigenvalue weighted by Crippen LogP contribution is -2.51. The maximum absolute atomic E-state index is 12.7. The number of carbonyl (C=O) groups is 1. The number of halogens is 2. The van der Waals surface area contributed by atoms with E-state index in [9.17, 15) is 4.79 Å². The molecular formula is C20H35Cl2N3O. The van der Waals surface area contributed by atoms with E-state index in [4.69, 9.17) is 5.73 Å². The van der Waals surface area contributed by atoms with Crippen LogP contribution in [0.1, 0.15) is 39.7 Å². The number of nitrogens with two attached hydrogens (primary N) is 1. The van der Waals surface area contributed by atoms with Crippen LogP contribution in [0.3, 0.4) is 0 Å². The van der Waals surface area contributed by atoms with Crippen LogP contribution in [-0.4, -0.2) is 47.9 Å². The van der Waals surface area contributed by atoms with Gasteiger partial charge in [0.2, 0.25) is 5.91 Å². The van der Waals surface area contributed by atoms with Crippen molar-refractivity contribution in [3.05, 3.63) is 35.9 Å². The van der Waals surface area contributed by atoms with Crippen molar-refractivity contribution >= 4 is 30.7 Å². The van der Waals surface area contributed by atoms with E-state index in [2.05, 4.69) is 35.2 Å². The van der Waals surface area contributed by atoms with Crippen LogP contribution >= 0.6 is 24.8 Å². The highest BCUT2D eigenvalue weighted by molar-refractivity contribution is 5.85. The third-order valence-electron chi connectivity index (χ3n) is 4.99. The number of carbonyl (C=O) groups excluding carboxylic acids is 1. The summed E-state index contributed by atoms with van der Waals surface area (Å²) in [5.41, 5.74) is 7.34. The first kappa shape index (κ1) is 25.2. The highest BCUT2D eigenvalue weighted by atomic mass is 35.5. The summed E-state index contributed by atoms with van der Waals surface area (Å²) in [6, 6.07) is 10.2. The van der Waals surface area contributed by atoms with Crippen molar-refractivity contribution in [1.82, 2.24) is 9.80 Å². The molecule has 2 atom stereocenters. The molecule has 1 fully saturated rings. The molecule has 150 valence electrons. The normalized spacial score (nSPS) is 18.6. The summed E-state index contributed by atoms with van der Waals surface area (Å²) in [5, 5.41) is 0. The Morgan fingerprint density at radius 1 is 1.27 bits per heavy atom. The van der Waals surface area contributed by atoms with Gasteiger partial charge < -0.3 is 10.6 Å². The van der Waals surface area contributed by atoms with Crippen molar-refractivity contribution in [3.8, 4) is 0 Å². The Hall–Kier alpha value is -0.810. The van der Waals surface area contributed by atoms with Crippen LogP contribution in [0.15, 0.2) is 30.3 Å². The summed E-state index contributed by atoms with van der Waals surface area (Å²) >= 11 is 0. The number of amides is 1. The minimum absolute atomic E-state index is 0. The number of likely N-dealkylation sites (N-methyl/N-ethyl adjacent to an activating group) is 1. The third kappa shape index (κ3) is 7.07. The zero-order valence-corrected chi connectivity index (χ0v) is 18.1. The summed E-state index contributed by atoms with van der Waals surface area (Å²) in [6.45, 7) is 12.9. The second-order valence-electron chi connectivity index (χ2n) is 8.10. The molecule has 1 amide bonds. The molecule has 0 aliphatic carbocycles. The van der Waals surface area contributed by atoms with Crippen molar-refractivity contribution < 1.29 is 4.79 Å². The fourth-order valence-corrected chi connectivity index (χ4v) is 3.30. The Labute approximate surface area is 171 Å². The van der Waals surface area contributed by atoms with Crippen molar-refractivity contribution in [1.29, 1.82) is 0 Å². The lowest BCUT2D eigenvalue weighted by Gasteiger charge is -2.32. The summed E-state index contributed by atoms with van der Waals surface area (Å²) in [5.74, 6) is 0.635. The van der Waals surface area contributed by atoms with Gasteiger partial charge in [-0.1, -0.05) is 51.1 Å². The molecule has 6 heteroatoms. The number of nitrogens with zero attached hydrogens (tertiary/aromatic N) is 2. The van der Waals surface area contributed by atoms with E-state index in [0.29, 0.717) is 5.92 Å². The maximum Gasteiger partial charge on any atom is 0.240 e. The molecule has 0 radical (unpaired) electrons. The molecule has 1 aromatic carbocycles.